The summed E-state index contributed by atoms with van der Waals surface area (Å²) in [7, 11) is -3.41. The van der Waals surface area contributed by atoms with E-state index in [0.717, 1.165) is 18.4 Å². The van der Waals surface area contributed by atoms with Gasteiger partial charge in [0.05, 0.1) is 12.6 Å². The molecule has 1 saturated heterocycles. The van der Waals surface area contributed by atoms with Gasteiger partial charge >= 0.3 is 0 Å². The second-order valence-electron chi connectivity index (χ2n) is 6.93. The number of piperazine rings is 1. The van der Waals surface area contributed by atoms with Crippen molar-refractivity contribution in [3.63, 3.8) is 0 Å². The molecule has 0 aliphatic carbocycles. The number of nitrogens with zero attached hydrogens (tertiary/aromatic N) is 2. The number of sulfonamides is 1. The summed E-state index contributed by atoms with van der Waals surface area (Å²) in [4.78, 5) is 14.6. The largest absolute Gasteiger partial charge is 0.348 e. The molecule has 8 heteroatoms. The Balaban J connectivity index is 1.52. The molecule has 0 spiro atoms. The van der Waals surface area contributed by atoms with Crippen molar-refractivity contribution in [2.75, 3.05) is 32.7 Å². The summed E-state index contributed by atoms with van der Waals surface area (Å²) in [6, 6.07) is 13.4. The van der Waals surface area contributed by atoms with Gasteiger partial charge in [0.1, 0.15) is 4.21 Å². The van der Waals surface area contributed by atoms with E-state index in [4.69, 9.17) is 0 Å². The average Bonchev–Trinajstić information content (AvgIpc) is 3.24. The fourth-order valence-corrected chi connectivity index (χ4v) is 5.97. The van der Waals surface area contributed by atoms with E-state index >= 15 is 0 Å². The number of amides is 1. The van der Waals surface area contributed by atoms with Crippen LogP contribution in [0.3, 0.4) is 0 Å². The number of carbonyl (C=O) groups is 1. The Labute approximate surface area is 171 Å². The smallest absolute Gasteiger partial charge is 0.252 e. The molecule has 1 atom stereocenters. The SMILES string of the molecule is CCC[C@H](NC(=O)CN1CCN(S(=O)(=O)c2cccs2)CC1)c1ccccc1. The molecule has 1 fully saturated rings. The van der Waals surface area contributed by atoms with Crippen LogP contribution in [0.4, 0.5) is 0 Å². The first kappa shape index (κ1) is 21.0. The zero-order chi connectivity index (χ0) is 20.0. The van der Waals surface area contributed by atoms with Gasteiger partial charge in [0.25, 0.3) is 10.0 Å². The minimum absolute atomic E-state index is 0.0131. The second-order valence-corrected chi connectivity index (χ2v) is 10.0. The van der Waals surface area contributed by atoms with Crippen molar-refractivity contribution in [2.45, 2.75) is 30.0 Å². The third-order valence-corrected chi connectivity index (χ3v) is 8.17. The van der Waals surface area contributed by atoms with Gasteiger partial charge in [-0.2, -0.15) is 4.31 Å². The maximum Gasteiger partial charge on any atom is 0.252 e. The van der Waals surface area contributed by atoms with Gasteiger partial charge in [0.2, 0.25) is 5.91 Å². The lowest BCUT2D eigenvalue weighted by molar-refractivity contribution is -0.123. The summed E-state index contributed by atoms with van der Waals surface area (Å²) in [6.45, 7) is 4.33. The number of benzene rings is 1. The van der Waals surface area contributed by atoms with E-state index in [-0.39, 0.29) is 11.9 Å². The molecular weight excluding hydrogens is 394 g/mol. The molecule has 1 aromatic heterocycles. The standard InChI is InChI=1S/C20H27N3O3S2/c1-2-7-18(17-8-4-3-5-9-17)21-19(24)16-22-11-13-23(14-12-22)28(25,26)20-10-6-15-27-20/h3-6,8-10,15,18H,2,7,11-14,16H2,1H3,(H,21,24)/t18-/m0/s1. The zero-order valence-electron chi connectivity index (χ0n) is 16.1. The van der Waals surface area contributed by atoms with Gasteiger partial charge in [0.15, 0.2) is 0 Å². The van der Waals surface area contributed by atoms with Crippen molar-refractivity contribution in [1.29, 1.82) is 0 Å². The maximum absolute atomic E-state index is 12.6. The van der Waals surface area contributed by atoms with Crippen LogP contribution in [-0.4, -0.2) is 56.3 Å². The highest BCUT2D eigenvalue weighted by atomic mass is 32.2. The lowest BCUT2D eigenvalue weighted by Crippen LogP contribution is -2.51. The first-order chi connectivity index (χ1) is 13.5. The van der Waals surface area contributed by atoms with Gasteiger partial charge < -0.3 is 5.32 Å². The normalized spacial score (nSPS) is 17.3. The van der Waals surface area contributed by atoms with Crippen molar-refractivity contribution >= 4 is 27.3 Å². The average molecular weight is 422 g/mol. The molecule has 0 saturated carbocycles. The molecule has 3 rings (SSSR count). The zero-order valence-corrected chi connectivity index (χ0v) is 17.7. The van der Waals surface area contributed by atoms with Crippen LogP contribution in [-0.2, 0) is 14.8 Å². The molecule has 28 heavy (non-hydrogen) atoms. The molecule has 1 aliphatic rings. The van der Waals surface area contributed by atoms with Gasteiger partial charge in [-0.15, -0.1) is 11.3 Å². The van der Waals surface area contributed by atoms with E-state index in [1.54, 1.807) is 17.5 Å². The molecule has 0 radical (unpaired) electrons. The minimum Gasteiger partial charge on any atom is -0.348 e. The van der Waals surface area contributed by atoms with Crippen LogP contribution < -0.4 is 5.32 Å². The summed E-state index contributed by atoms with van der Waals surface area (Å²) in [5, 5.41) is 4.91. The molecule has 1 aliphatic heterocycles. The molecular formula is C20H27N3O3S2. The Morgan fingerprint density at radius 2 is 1.82 bits per heavy atom. The monoisotopic (exact) mass is 421 g/mol. The molecule has 1 N–H and O–H groups in total. The molecule has 1 amide bonds. The summed E-state index contributed by atoms with van der Waals surface area (Å²) in [6.07, 6.45) is 1.88. The summed E-state index contributed by atoms with van der Waals surface area (Å²) in [5.74, 6) is -0.0168. The molecule has 1 aromatic carbocycles. The Hall–Kier alpha value is -1.74. The maximum atomic E-state index is 12.6. The lowest BCUT2D eigenvalue weighted by atomic mass is 10.0. The first-order valence-electron chi connectivity index (χ1n) is 9.61. The molecule has 2 aromatic rings. The predicted octanol–water partition coefficient (Wildman–Crippen LogP) is 2.71. The van der Waals surface area contributed by atoms with Gasteiger partial charge in [-0.3, -0.25) is 9.69 Å². The van der Waals surface area contributed by atoms with Crippen molar-refractivity contribution in [2.24, 2.45) is 0 Å². The van der Waals surface area contributed by atoms with Crippen molar-refractivity contribution < 1.29 is 13.2 Å². The third kappa shape index (κ3) is 5.20. The fourth-order valence-electron chi connectivity index (χ4n) is 3.40. The van der Waals surface area contributed by atoms with E-state index in [9.17, 15) is 13.2 Å². The summed E-state index contributed by atoms with van der Waals surface area (Å²) >= 11 is 1.24. The Morgan fingerprint density at radius 3 is 2.43 bits per heavy atom. The van der Waals surface area contributed by atoms with Crippen molar-refractivity contribution in [3.05, 3.63) is 53.4 Å². The number of carbonyl (C=O) groups excluding carboxylic acids is 1. The number of hydrogen-bond donors (Lipinski definition) is 1. The predicted molar refractivity (Wildman–Crippen MR) is 112 cm³/mol. The Morgan fingerprint density at radius 1 is 1.11 bits per heavy atom. The number of rotatable bonds is 8. The molecule has 0 unspecified atom stereocenters. The van der Waals surface area contributed by atoms with Crippen LogP contribution in [0, 0.1) is 0 Å². The minimum atomic E-state index is -3.41. The van der Waals surface area contributed by atoms with E-state index in [1.807, 2.05) is 35.2 Å². The Bertz CT molecular complexity index is 846. The van der Waals surface area contributed by atoms with Crippen LogP contribution in [0.15, 0.2) is 52.1 Å². The lowest BCUT2D eigenvalue weighted by Gasteiger charge is -2.33. The molecule has 2 heterocycles. The van der Waals surface area contributed by atoms with Gasteiger partial charge in [-0.05, 0) is 23.4 Å². The third-order valence-electron chi connectivity index (χ3n) is 4.90. The highest BCUT2D eigenvalue weighted by molar-refractivity contribution is 7.91. The van der Waals surface area contributed by atoms with Gasteiger partial charge in [0, 0.05) is 26.2 Å². The van der Waals surface area contributed by atoms with Crippen LogP contribution in [0.5, 0.6) is 0 Å². The van der Waals surface area contributed by atoms with Crippen LogP contribution in [0.25, 0.3) is 0 Å². The number of hydrogen-bond acceptors (Lipinski definition) is 5. The molecule has 0 bridgehead atoms. The van der Waals surface area contributed by atoms with E-state index in [2.05, 4.69) is 12.2 Å². The second kappa shape index (κ2) is 9.65. The summed E-state index contributed by atoms with van der Waals surface area (Å²) in [5.41, 5.74) is 1.12. The Kier molecular flexibility index (Phi) is 7.23. The van der Waals surface area contributed by atoms with Crippen LogP contribution >= 0.6 is 11.3 Å². The van der Waals surface area contributed by atoms with Gasteiger partial charge in [-0.25, -0.2) is 8.42 Å². The highest BCUT2D eigenvalue weighted by Gasteiger charge is 2.29. The van der Waals surface area contributed by atoms with E-state index in [0.29, 0.717) is 36.9 Å². The molecule has 6 nitrogen and oxygen atoms in total. The van der Waals surface area contributed by atoms with Crippen molar-refractivity contribution in [3.8, 4) is 0 Å². The molecule has 152 valence electrons. The van der Waals surface area contributed by atoms with Gasteiger partial charge in [-0.1, -0.05) is 49.7 Å². The quantitative estimate of drug-likeness (QED) is 0.712. The summed E-state index contributed by atoms with van der Waals surface area (Å²) < 4.78 is 27.1. The number of nitrogens with one attached hydrogen (secondary N) is 1. The van der Waals surface area contributed by atoms with E-state index < -0.39 is 10.0 Å². The topological polar surface area (TPSA) is 69.7 Å². The number of thiophene rings is 1. The fraction of sp³-hybridized carbons (Fsp3) is 0.450. The van der Waals surface area contributed by atoms with E-state index in [1.165, 1.54) is 15.6 Å². The first-order valence-corrected chi connectivity index (χ1v) is 11.9. The van der Waals surface area contributed by atoms with Crippen LogP contribution in [0.1, 0.15) is 31.4 Å². The van der Waals surface area contributed by atoms with Crippen molar-refractivity contribution in [1.82, 2.24) is 14.5 Å². The highest BCUT2D eigenvalue weighted by Crippen LogP contribution is 2.22. The van der Waals surface area contributed by atoms with Crippen LogP contribution in [0.2, 0.25) is 0 Å².